The second kappa shape index (κ2) is 4.52. The van der Waals surface area contributed by atoms with E-state index in [1.54, 1.807) is 0 Å². The number of pyridine rings is 1. The van der Waals surface area contributed by atoms with E-state index < -0.39 is 36.0 Å². The molecule has 0 fully saturated rings. The van der Waals surface area contributed by atoms with Crippen LogP contribution in [0.2, 0.25) is 0 Å². The van der Waals surface area contributed by atoms with Crippen LogP contribution in [0.15, 0.2) is 18.5 Å². The van der Waals surface area contributed by atoms with Crippen molar-refractivity contribution in [3.05, 3.63) is 29.6 Å². The minimum atomic E-state index is -4.95. The summed E-state index contributed by atoms with van der Waals surface area (Å²) in [6.07, 6.45) is -12.4. The summed E-state index contributed by atoms with van der Waals surface area (Å²) < 4.78 is 73.2. The van der Waals surface area contributed by atoms with Crippen LogP contribution in [0.25, 0.3) is 0 Å². The molecule has 0 bridgehead atoms. The summed E-state index contributed by atoms with van der Waals surface area (Å²) in [5.41, 5.74) is -1.92. The molecule has 96 valence electrons. The Labute approximate surface area is 91.9 Å². The summed E-state index contributed by atoms with van der Waals surface area (Å²) in [5.74, 6) is 0. The molecule has 1 N–H and O–H groups in total. The number of alkyl halides is 6. The molecule has 0 aliphatic carbocycles. The molecule has 1 aromatic heterocycles. The first kappa shape index (κ1) is 13.8. The van der Waals surface area contributed by atoms with Crippen LogP contribution in [0.4, 0.5) is 26.3 Å². The predicted molar refractivity (Wildman–Crippen MR) is 45.0 cm³/mol. The molecule has 0 spiro atoms. The normalized spacial score (nSPS) is 14.8. The second-order valence-electron chi connectivity index (χ2n) is 3.29. The highest BCUT2D eigenvalue weighted by Gasteiger charge is 2.40. The van der Waals surface area contributed by atoms with E-state index in [4.69, 9.17) is 5.11 Å². The fraction of sp³-hybridized carbons (Fsp3) is 0.444. The van der Waals surface area contributed by atoms with Crippen molar-refractivity contribution in [1.82, 2.24) is 4.98 Å². The zero-order valence-corrected chi connectivity index (χ0v) is 8.18. The number of hydrogen-bond donors (Lipinski definition) is 1. The highest BCUT2D eigenvalue weighted by Crippen LogP contribution is 2.33. The molecule has 1 unspecified atom stereocenters. The third-order valence-electron chi connectivity index (χ3n) is 2.01. The average Bonchev–Trinajstić information content (AvgIpc) is 2.15. The van der Waals surface area contributed by atoms with Crippen molar-refractivity contribution in [3.8, 4) is 0 Å². The van der Waals surface area contributed by atoms with Crippen molar-refractivity contribution in [2.24, 2.45) is 0 Å². The van der Waals surface area contributed by atoms with Gasteiger partial charge in [0.1, 0.15) is 0 Å². The first-order valence-electron chi connectivity index (χ1n) is 4.37. The highest BCUT2D eigenvalue weighted by atomic mass is 19.4. The molecule has 1 heterocycles. The fourth-order valence-electron chi connectivity index (χ4n) is 1.18. The van der Waals surface area contributed by atoms with E-state index in [9.17, 15) is 26.3 Å². The molecule has 0 aliphatic rings. The molecule has 8 heteroatoms. The van der Waals surface area contributed by atoms with E-state index in [1.165, 1.54) is 0 Å². The van der Waals surface area contributed by atoms with Gasteiger partial charge in [-0.25, -0.2) is 0 Å². The summed E-state index contributed by atoms with van der Waals surface area (Å²) in [6, 6.07) is 0.803. The van der Waals surface area contributed by atoms with E-state index in [2.05, 4.69) is 4.98 Å². The molecule has 0 saturated heterocycles. The molecule has 0 aliphatic heterocycles. The number of rotatable bonds is 2. The molecule has 0 saturated carbocycles. The Morgan fingerprint density at radius 1 is 1.18 bits per heavy atom. The van der Waals surface area contributed by atoms with Crippen molar-refractivity contribution in [1.29, 1.82) is 0 Å². The van der Waals surface area contributed by atoms with Crippen LogP contribution < -0.4 is 0 Å². The zero-order valence-electron chi connectivity index (χ0n) is 8.18. The number of aliphatic hydroxyl groups excluding tert-OH is 1. The first-order chi connectivity index (χ1) is 7.62. The van der Waals surface area contributed by atoms with Gasteiger partial charge in [0, 0.05) is 18.8 Å². The number of nitrogens with zero attached hydrogens (tertiary/aromatic N) is 1. The maximum atomic E-state index is 12.4. The average molecular weight is 259 g/mol. The van der Waals surface area contributed by atoms with Crippen LogP contribution in [0, 0.1) is 0 Å². The molecule has 0 radical (unpaired) electrons. The SMILES string of the molecule is OC(Cc1ccncc1C(F)(F)F)C(F)(F)F. The Bertz CT molecular complexity index is 386. The molecular weight excluding hydrogens is 252 g/mol. The van der Waals surface area contributed by atoms with Crippen LogP contribution in [-0.2, 0) is 12.6 Å². The van der Waals surface area contributed by atoms with Crippen molar-refractivity contribution < 1.29 is 31.4 Å². The van der Waals surface area contributed by atoms with Gasteiger partial charge in [-0.05, 0) is 11.6 Å². The predicted octanol–water partition coefficient (Wildman–Crippen LogP) is 2.57. The maximum absolute atomic E-state index is 12.4. The molecule has 2 nitrogen and oxygen atoms in total. The topological polar surface area (TPSA) is 33.1 Å². The third kappa shape index (κ3) is 3.58. The van der Waals surface area contributed by atoms with Gasteiger partial charge < -0.3 is 5.11 Å². The van der Waals surface area contributed by atoms with Crippen molar-refractivity contribution in [3.63, 3.8) is 0 Å². The minimum Gasteiger partial charge on any atom is -0.383 e. The van der Waals surface area contributed by atoms with E-state index in [1.807, 2.05) is 0 Å². The quantitative estimate of drug-likeness (QED) is 0.828. The number of aliphatic hydroxyl groups is 1. The summed E-state index contributed by atoms with van der Waals surface area (Å²) in [5, 5.41) is 8.72. The van der Waals surface area contributed by atoms with Crippen molar-refractivity contribution >= 4 is 0 Å². The lowest BCUT2D eigenvalue weighted by molar-refractivity contribution is -0.203. The van der Waals surface area contributed by atoms with Gasteiger partial charge in [0.15, 0.2) is 6.10 Å². The Morgan fingerprint density at radius 3 is 2.24 bits per heavy atom. The van der Waals surface area contributed by atoms with Crippen molar-refractivity contribution in [2.45, 2.75) is 24.9 Å². The Morgan fingerprint density at radius 2 is 1.76 bits per heavy atom. The van der Waals surface area contributed by atoms with Crippen LogP contribution >= 0.6 is 0 Å². The fourth-order valence-corrected chi connectivity index (χ4v) is 1.18. The lowest BCUT2D eigenvalue weighted by Gasteiger charge is -2.17. The van der Waals surface area contributed by atoms with Gasteiger partial charge in [-0.15, -0.1) is 0 Å². The van der Waals surface area contributed by atoms with Gasteiger partial charge in [0.25, 0.3) is 0 Å². The van der Waals surface area contributed by atoms with Crippen LogP contribution in [0.5, 0.6) is 0 Å². The van der Waals surface area contributed by atoms with E-state index >= 15 is 0 Å². The van der Waals surface area contributed by atoms with E-state index in [0.29, 0.717) is 6.20 Å². The Kier molecular flexibility index (Phi) is 3.65. The van der Waals surface area contributed by atoms with Crippen LogP contribution in [0.3, 0.4) is 0 Å². The van der Waals surface area contributed by atoms with E-state index in [-0.39, 0.29) is 0 Å². The Balaban J connectivity index is 3.00. The molecule has 1 aromatic rings. The zero-order chi connectivity index (χ0) is 13.3. The van der Waals surface area contributed by atoms with Gasteiger partial charge >= 0.3 is 12.4 Å². The first-order valence-corrected chi connectivity index (χ1v) is 4.37. The number of halogens is 6. The second-order valence-corrected chi connectivity index (χ2v) is 3.29. The van der Waals surface area contributed by atoms with Crippen molar-refractivity contribution in [2.75, 3.05) is 0 Å². The number of hydrogen-bond acceptors (Lipinski definition) is 2. The molecule has 0 aromatic carbocycles. The van der Waals surface area contributed by atoms with Gasteiger partial charge in [-0.2, -0.15) is 26.3 Å². The van der Waals surface area contributed by atoms with E-state index in [0.717, 1.165) is 12.3 Å². The van der Waals surface area contributed by atoms with Gasteiger partial charge in [0.05, 0.1) is 5.56 Å². The molecule has 0 amide bonds. The molecule has 1 rings (SSSR count). The maximum Gasteiger partial charge on any atom is 0.418 e. The third-order valence-corrected chi connectivity index (χ3v) is 2.01. The highest BCUT2D eigenvalue weighted by molar-refractivity contribution is 5.26. The minimum absolute atomic E-state index is 0.429. The molecule has 17 heavy (non-hydrogen) atoms. The molecular formula is C9H7F6NO. The summed E-state index contributed by atoms with van der Waals surface area (Å²) in [4.78, 5) is 3.20. The standard InChI is InChI=1S/C9H7F6NO/c10-8(11,12)6-4-16-2-1-5(6)3-7(17)9(13,14)15/h1-2,4,7,17H,3H2. The lowest BCUT2D eigenvalue weighted by Crippen LogP contribution is -2.31. The summed E-state index contributed by atoms with van der Waals surface area (Å²) >= 11 is 0. The monoisotopic (exact) mass is 259 g/mol. The molecule has 1 atom stereocenters. The smallest absolute Gasteiger partial charge is 0.383 e. The number of aromatic nitrogens is 1. The van der Waals surface area contributed by atoms with Gasteiger partial charge in [-0.3, -0.25) is 4.98 Å². The van der Waals surface area contributed by atoms with Gasteiger partial charge in [-0.1, -0.05) is 0 Å². The summed E-state index contributed by atoms with van der Waals surface area (Å²) in [7, 11) is 0. The van der Waals surface area contributed by atoms with Crippen LogP contribution in [-0.4, -0.2) is 22.4 Å². The lowest BCUT2D eigenvalue weighted by atomic mass is 10.0. The van der Waals surface area contributed by atoms with Gasteiger partial charge in [0.2, 0.25) is 0 Å². The largest absolute Gasteiger partial charge is 0.418 e. The summed E-state index contributed by atoms with van der Waals surface area (Å²) in [6.45, 7) is 0. The Hall–Kier alpha value is -1.31. The van der Waals surface area contributed by atoms with Crippen LogP contribution in [0.1, 0.15) is 11.1 Å².